The SMILES string of the molecule is CNC(=O)[C@H]1C[C@@H](n2cnc3c(C)nc(C#Cc4ccccc4)nc32)[C@H](O)[C@@H]1O. The lowest BCUT2D eigenvalue weighted by molar-refractivity contribution is -0.128. The number of aliphatic hydroxyl groups is 2. The zero-order valence-electron chi connectivity index (χ0n) is 16.1. The van der Waals surface area contributed by atoms with Gasteiger partial charge in [-0.2, -0.15) is 0 Å². The highest BCUT2D eigenvalue weighted by Gasteiger charge is 2.46. The molecule has 1 aliphatic carbocycles. The molecule has 4 rings (SSSR count). The van der Waals surface area contributed by atoms with Gasteiger partial charge in [0.05, 0.1) is 30.1 Å². The number of nitrogens with zero attached hydrogens (tertiary/aromatic N) is 4. The van der Waals surface area contributed by atoms with Crippen LogP contribution in [0.2, 0.25) is 0 Å². The van der Waals surface area contributed by atoms with E-state index < -0.39 is 24.2 Å². The molecule has 1 aliphatic rings. The Kier molecular flexibility index (Phi) is 5.01. The number of carbonyl (C=O) groups excluding carboxylic acids is 1. The van der Waals surface area contributed by atoms with Crippen molar-refractivity contribution < 1.29 is 15.0 Å². The molecule has 3 aromatic rings. The Bertz CT molecular complexity index is 1120. The van der Waals surface area contributed by atoms with Crippen LogP contribution in [0.5, 0.6) is 0 Å². The predicted molar refractivity (Wildman–Crippen MR) is 106 cm³/mol. The number of amides is 1. The zero-order chi connectivity index (χ0) is 20.5. The molecule has 1 fully saturated rings. The van der Waals surface area contributed by atoms with Gasteiger partial charge in [-0.25, -0.2) is 15.0 Å². The number of rotatable bonds is 2. The number of nitrogens with one attached hydrogen (secondary N) is 1. The molecule has 0 aliphatic heterocycles. The van der Waals surface area contributed by atoms with Crippen molar-refractivity contribution in [3.8, 4) is 11.8 Å². The number of hydrogen-bond acceptors (Lipinski definition) is 6. The maximum atomic E-state index is 12.0. The predicted octanol–water partition coefficient (Wildman–Crippen LogP) is 0.563. The first-order chi connectivity index (χ1) is 14.0. The van der Waals surface area contributed by atoms with Crippen LogP contribution in [0.1, 0.15) is 29.5 Å². The lowest BCUT2D eigenvalue weighted by Gasteiger charge is -2.18. The second-order valence-electron chi connectivity index (χ2n) is 7.08. The summed E-state index contributed by atoms with van der Waals surface area (Å²) in [7, 11) is 1.51. The van der Waals surface area contributed by atoms with Gasteiger partial charge in [0, 0.05) is 12.6 Å². The molecule has 1 aromatic carbocycles. The van der Waals surface area contributed by atoms with Crippen LogP contribution in [0, 0.1) is 24.7 Å². The third kappa shape index (κ3) is 3.46. The van der Waals surface area contributed by atoms with Crippen LogP contribution in [0.4, 0.5) is 0 Å². The molecule has 1 amide bonds. The maximum Gasteiger partial charge on any atom is 0.225 e. The molecule has 1 saturated carbocycles. The summed E-state index contributed by atoms with van der Waals surface area (Å²) < 4.78 is 1.70. The number of aliphatic hydroxyl groups excluding tert-OH is 2. The number of benzene rings is 1. The zero-order valence-corrected chi connectivity index (χ0v) is 16.1. The van der Waals surface area contributed by atoms with E-state index in [4.69, 9.17) is 0 Å². The Morgan fingerprint density at radius 3 is 2.66 bits per heavy atom. The van der Waals surface area contributed by atoms with E-state index in [2.05, 4.69) is 32.1 Å². The summed E-state index contributed by atoms with van der Waals surface area (Å²) >= 11 is 0. The van der Waals surface area contributed by atoms with Crippen LogP contribution in [-0.2, 0) is 4.79 Å². The maximum absolute atomic E-state index is 12.0. The molecule has 148 valence electrons. The summed E-state index contributed by atoms with van der Waals surface area (Å²) in [6.45, 7) is 1.82. The van der Waals surface area contributed by atoms with Crippen molar-refractivity contribution in [2.45, 2.75) is 31.6 Å². The number of carbonyl (C=O) groups is 1. The van der Waals surface area contributed by atoms with Crippen LogP contribution in [0.3, 0.4) is 0 Å². The number of imidazole rings is 1. The van der Waals surface area contributed by atoms with Crippen molar-refractivity contribution in [1.82, 2.24) is 24.8 Å². The van der Waals surface area contributed by atoms with Gasteiger partial charge in [0.15, 0.2) is 5.65 Å². The monoisotopic (exact) mass is 391 g/mol. The normalized spacial score (nSPS) is 23.6. The fourth-order valence-corrected chi connectivity index (χ4v) is 3.74. The molecule has 4 atom stereocenters. The molecule has 0 saturated heterocycles. The highest BCUT2D eigenvalue weighted by Crippen LogP contribution is 2.37. The average molecular weight is 391 g/mol. The Hall–Kier alpha value is -3.28. The first-order valence-corrected chi connectivity index (χ1v) is 9.35. The van der Waals surface area contributed by atoms with Gasteiger partial charge in [-0.05, 0) is 31.4 Å². The molecule has 0 radical (unpaired) electrons. The van der Waals surface area contributed by atoms with E-state index in [0.717, 1.165) is 5.56 Å². The summed E-state index contributed by atoms with van der Waals surface area (Å²) in [6.07, 6.45) is -0.420. The smallest absolute Gasteiger partial charge is 0.225 e. The molecule has 29 heavy (non-hydrogen) atoms. The van der Waals surface area contributed by atoms with Gasteiger partial charge >= 0.3 is 0 Å². The number of aromatic nitrogens is 4. The van der Waals surface area contributed by atoms with Crippen molar-refractivity contribution in [1.29, 1.82) is 0 Å². The fraction of sp³-hybridized carbons (Fsp3) is 0.333. The van der Waals surface area contributed by atoms with Crippen molar-refractivity contribution in [3.63, 3.8) is 0 Å². The Morgan fingerprint density at radius 2 is 1.93 bits per heavy atom. The van der Waals surface area contributed by atoms with Crippen LogP contribution >= 0.6 is 0 Å². The third-order valence-corrected chi connectivity index (χ3v) is 5.28. The molecule has 0 bridgehead atoms. The fourth-order valence-electron chi connectivity index (χ4n) is 3.74. The second-order valence-corrected chi connectivity index (χ2v) is 7.08. The molecule has 0 unspecified atom stereocenters. The summed E-state index contributed by atoms with van der Waals surface area (Å²) in [5, 5.41) is 23.4. The summed E-state index contributed by atoms with van der Waals surface area (Å²) in [4.78, 5) is 25.3. The topological polar surface area (TPSA) is 113 Å². The van der Waals surface area contributed by atoms with Gasteiger partial charge in [-0.15, -0.1) is 0 Å². The van der Waals surface area contributed by atoms with Crippen LogP contribution in [0.15, 0.2) is 36.7 Å². The van der Waals surface area contributed by atoms with Gasteiger partial charge in [0.2, 0.25) is 11.7 Å². The van der Waals surface area contributed by atoms with E-state index in [0.29, 0.717) is 22.7 Å². The quantitative estimate of drug-likeness (QED) is 0.551. The number of aryl methyl sites for hydroxylation is 1. The minimum absolute atomic E-state index is 0.279. The van der Waals surface area contributed by atoms with Crippen LogP contribution < -0.4 is 5.32 Å². The number of hydrogen-bond donors (Lipinski definition) is 3. The van der Waals surface area contributed by atoms with Gasteiger partial charge in [0.25, 0.3) is 0 Å². The van der Waals surface area contributed by atoms with Gasteiger partial charge in [0.1, 0.15) is 11.6 Å². The van der Waals surface area contributed by atoms with Crippen molar-refractivity contribution in [2.75, 3.05) is 7.05 Å². The average Bonchev–Trinajstić information content (AvgIpc) is 3.28. The Morgan fingerprint density at radius 1 is 1.17 bits per heavy atom. The molecule has 8 nitrogen and oxygen atoms in total. The van der Waals surface area contributed by atoms with Gasteiger partial charge in [-0.3, -0.25) is 4.79 Å². The van der Waals surface area contributed by atoms with E-state index in [9.17, 15) is 15.0 Å². The van der Waals surface area contributed by atoms with Crippen molar-refractivity contribution >= 4 is 17.1 Å². The Labute approximate surface area is 167 Å². The highest BCUT2D eigenvalue weighted by atomic mass is 16.3. The first-order valence-electron chi connectivity index (χ1n) is 9.35. The molecule has 2 heterocycles. The molecule has 0 spiro atoms. The summed E-state index contributed by atoms with van der Waals surface area (Å²) in [5.41, 5.74) is 2.64. The largest absolute Gasteiger partial charge is 0.390 e. The molecular weight excluding hydrogens is 370 g/mol. The van der Waals surface area contributed by atoms with Gasteiger partial charge in [-0.1, -0.05) is 24.1 Å². The van der Waals surface area contributed by atoms with E-state index in [1.807, 2.05) is 37.3 Å². The van der Waals surface area contributed by atoms with E-state index in [1.165, 1.54) is 7.05 Å². The summed E-state index contributed by atoms with van der Waals surface area (Å²) in [5.74, 6) is 5.35. The van der Waals surface area contributed by atoms with E-state index in [-0.39, 0.29) is 12.3 Å². The molecule has 3 N–H and O–H groups in total. The second kappa shape index (κ2) is 7.62. The van der Waals surface area contributed by atoms with Crippen LogP contribution in [-0.4, -0.2) is 54.9 Å². The molecule has 8 heteroatoms. The van der Waals surface area contributed by atoms with E-state index >= 15 is 0 Å². The van der Waals surface area contributed by atoms with Crippen LogP contribution in [0.25, 0.3) is 11.2 Å². The Balaban J connectivity index is 1.72. The summed E-state index contributed by atoms with van der Waals surface area (Å²) in [6, 6.07) is 9.01. The molecule has 2 aromatic heterocycles. The van der Waals surface area contributed by atoms with Crippen molar-refractivity contribution in [2.24, 2.45) is 5.92 Å². The standard InChI is InChI=1S/C21H21N5O3/c1-12-17-20(25-16(24-12)9-8-13-6-4-3-5-7-13)26(11-23-17)15-10-14(21(29)22-2)18(27)19(15)28/h3-7,11,14-15,18-19,27-28H,10H2,1-2H3,(H,22,29)/t14-,15+,18+,19-/m0/s1. The number of fused-ring (bicyclic) bond motifs is 1. The van der Waals surface area contributed by atoms with E-state index in [1.54, 1.807) is 10.9 Å². The minimum atomic E-state index is -1.15. The lowest BCUT2D eigenvalue weighted by atomic mass is 10.1. The lowest BCUT2D eigenvalue weighted by Crippen LogP contribution is -2.36. The first kappa shape index (κ1) is 19.1. The highest BCUT2D eigenvalue weighted by molar-refractivity contribution is 5.79. The minimum Gasteiger partial charge on any atom is -0.390 e. The molecular formula is C21H21N5O3. The van der Waals surface area contributed by atoms with Crippen molar-refractivity contribution in [3.05, 3.63) is 53.7 Å². The third-order valence-electron chi connectivity index (χ3n) is 5.28. The van der Waals surface area contributed by atoms with Gasteiger partial charge < -0.3 is 20.1 Å².